The number of carbonyl (C=O) groups is 1. The van der Waals surface area contributed by atoms with E-state index in [0.717, 1.165) is 29.8 Å². The maximum Gasteiger partial charge on any atom is 0.319 e. The zero-order valence-corrected chi connectivity index (χ0v) is 12.8. The van der Waals surface area contributed by atoms with Gasteiger partial charge >= 0.3 is 6.03 Å². The van der Waals surface area contributed by atoms with Crippen LogP contribution in [0.25, 0.3) is 0 Å². The molecule has 0 unspecified atom stereocenters. The molecule has 20 heavy (non-hydrogen) atoms. The number of anilines is 1. The van der Waals surface area contributed by atoms with E-state index in [1.165, 1.54) is 0 Å². The first-order valence-corrected chi connectivity index (χ1v) is 7.89. The van der Waals surface area contributed by atoms with Gasteiger partial charge in [-0.15, -0.1) is 11.8 Å². The van der Waals surface area contributed by atoms with E-state index in [0.29, 0.717) is 11.8 Å². The quantitative estimate of drug-likeness (QED) is 0.731. The Hall–Kier alpha value is -1.20. The Kier molecular flexibility index (Phi) is 4.94. The van der Waals surface area contributed by atoms with Crippen molar-refractivity contribution in [2.24, 2.45) is 0 Å². The Morgan fingerprint density at radius 3 is 2.70 bits per heavy atom. The normalized spacial score (nSPS) is 16.6. The van der Waals surface area contributed by atoms with Crippen LogP contribution in [-0.2, 0) is 0 Å². The molecule has 0 bridgehead atoms. The first-order chi connectivity index (χ1) is 9.48. The summed E-state index contributed by atoms with van der Waals surface area (Å²) in [6, 6.07) is 7.49. The van der Waals surface area contributed by atoms with Crippen LogP contribution in [0.4, 0.5) is 10.5 Å². The fraction of sp³-hybridized carbons (Fsp3) is 0.533. The molecule has 110 valence electrons. The maximum absolute atomic E-state index is 11.9. The van der Waals surface area contributed by atoms with Crippen LogP contribution in [0.5, 0.6) is 0 Å². The van der Waals surface area contributed by atoms with Gasteiger partial charge in [0.2, 0.25) is 0 Å². The molecule has 0 aliphatic heterocycles. The van der Waals surface area contributed by atoms with E-state index in [1.807, 2.05) is 24.3 Å². The highest BCUT2D eigenvalue weighted by atomic mass is 32.2. The summed E-state index contributed by atoms with van der Waals surface area (Å²) in [5, 5.41) is 16.0. The zero-order chi connectivity index (χ0) is 14.6. The van der Waals surface area contributed by atoms with Crippen LogP contribution in [0.2, 0.25) is 0 Å². The summed E-state index contributed by atoms with van der Waals surface area (Å²) in [6.45, 7) is 4.56. The van der Waals surface area contributed by atoms with Crippen molar-refractivity contribution >= 4 is 23.5 Å². The molecule has 4 nitrogen and oxygen atoms in total. The van der Waals surface area contributed by atoms with Gasteiger partial charge in [0.05, 0.1) is 11.3 Å². The lowest BCUT2D eigenvalue weighted by molar-refractivity contribution is -0.0287. The minimum Gasteiger partial charge on any atom is -0.388 e. The van der Waals surface area contributed by atoms with Crippen molar-refractivity contribution in [3.8, 4) is 0 Å². The average Bonchev–Trinajstić information content (AvgIpc) is 2.36. The summed E-state index contributed by atoms with van der Waals surface area (Å²) in [7, 11) is 0. The van der Waals surface area contributed by atoms with Gasteiger partial charge in [0, 0.05) is 16.7 Å². The number of benzene rings is 1. The highest BCUT2D eigenvalue weighted by Crippen LogP contribution is 2.31. The van der Waals surface area contributed by atoms with Crippen molar-refractivity contribution < 1.29 is 9.90 Å². The summed E-state index contributed by atoms with van der Waals surface area (Å²) in [6.07, 6.45) is 2.58. The van der Waals surface area contributed by atoms with Crippen molar-refractivity contribution in [2.45, 2.75) is 48.9 Å². The molecular formula is C15H22N2O2S. The van der Waals surface area contributed by atoms with Gasteiger partial charge in [-0.3, -0.25) is 0 Å². The lowest BCUT2D eigenvalue weighted by Gasteiger charge is -2.36. The summed E-state index contributed by atoms with van der Waals surface area (Å²) in [5.41, 5.74) is 0.119. The maximum atomic E-state index is 11.9. The van der Waals surface area contributed by atoms with Crippen molar-refractivity contribution in [2.75, 3.05) is 11.9 Å². The highest BCUT2D eigenvalue weighted by Gasteiger charge is 2.34. The third-order valence-electron chi connectivity index (χ3n) is 3.36. The van der Waals surface area contributed by atoms with Crippen LogP contribution in [0.15, 0.2) is 29.2 Å². The second kappa shape index (κ2) is 6.50. The first kappa shape index (κ1) is 15.2. The van der Waals surface area contributed by atoms with Gasteiger partial charge in [-0.2, -0.15) is 0 Å². The standard InChI is InChI=1S/C15H22N2O2S/c1-11(2)20-13-7-4-3-6-12(13)17-14(18)16-10-15(19)8-5-9-15/h3-4,6-7,11,19H,5,8-10H2,1-2H3,(H2,16,17,18). The minimum atomic E-state index is -0.691. The molecule has 1 saturated carbocycles. The Bertz CT molecular complexity index is 473. The highest BCUT2D eigenvalue weighted by molar-refractivity contribution is 8.00. The molecule has 1 aliphatic carbocycles. The van der Waals surface area contributed by atoms with Crippen LogP contribution in [0.1, 0.15) is 33.1 Å². The molecule has 1 aromatic carbocycles. The number of hydrogen-bond acceptors (Lipinski definition) is 3. The van der Waals surface area contributed by atoms with Gasteiger partial charge in [-0.05, 0) is 31.4 Å². The Morgan fingerprint density at radius 1 is 1.40 bits per heavy atom. The molecule has 0 spiro atoms. The van der Waals surface area contributed by atoms with Gasteiger partial charge in [-0.1, -0.05) is 26.0 Å². The van der Waals surface area contributed by atoms with Crippen LogP contribution >= 0.6 is 11.8 Å². The molecule has 0 radical (unpaired) electrons. The van der Waals surface area contributed by atoms with E-state index in [4.69, 9.17) is 0 Å². The monoisotopic (exact) mass is 294 g/mol. The summed E-state index contributed by atoms with van der Waals surface area (Å²) in [4.78, 5) is 13.0. The SMILES string of the molecule is CC(C)Sc1ccccc1NC(=O)NCC1(O)CCC1. The third-order valence-corrected chi connectivity index (χ3v) is 4.44. The van der Waals surface area contributed by atoms with Crippen LogP contribution in [0, 0.1) is 0 Å². The van der Waals surface area contributed by atoms with Gasteiger partial charge in [0.1, 0.15) is 0 Å². The van der Waals surface area contributed by atoms with E-state index >= 15 is 0 Å². The average molecular weight is 294 g/mol. The van der Waals surface area contributed by atoms with Gasteiger partial charge in [0.25, 0.3) is 0 Å². The Morgan fingerprint density at radius 2 is 2.10 bits per heavy atom. The largest absolute Gasteiger partial charge is 0.388 e. The third kappa shape index (κ3) is 4.15. The number of amides is 2. The Labute approximate surface area is 124 Å². The summed E-state index contributed by atoms with van der Waals surface area (Å²) >= 11 is 1.71. The minimum absolute atomic E-state index is 0.262. The van der Waals surface area contributed by atoms with Crippen LogP contribution < -0.4 is 10.6 Å². The molecule has 2 amide bonds. The van der Waals surface area contributed by atoms with E-state index in [1.54, 1.807) is 11.8 Å². The van der Waals surface area contributed by atoms with Crippen molar-refractivity contribution in [1.82, 2.24) is 5.32 Å². The lowest BCUT2D eigenvalue weighted by atomic mass is 9.80. The van der Waals surface area contributed by atoms with E-state index in [2.05, 4.69) is 24.5 Å². The molecule has 1 aromatic rings. The number of aliphatic hydroxyl groups is 1. The smallest absolute Gasteiger partial charge is 0.319 e. The fourth-order valence-electron chi connectivity index (χ4n) is 2.10. The number of thioether (sulfide) groups is 1. The van der Waals surface area contributed by atoms with Crippen LogP contribution in [0.3, 0.4) is 0 Å². The van der Waals surface area contributed by atoms with Crippen molar-refractivity contribution in [3.05, 3.63) is 24.3 Å². The predicted molar refractivity (Wildman–Crippen MR) is 83.3 cm³/mol. The van der Waals surface area contributed by atoms with Gasteiger partial charge < -0.3 is 15.7 Å². The van der Waals surface area contributed by atoms with Crippen LogP contribution in [-0.4, -0.2) is 28.5 Å². The summed E-state index contributed by atoms with van der Waals surface area (Å²) < 4.78 is 0. The van der Waals surface area contributed by atoms with E-state index in [9.17, 15) is 9.90 Å². The molecular weight excluding hydrogens is 272 g/mol. The van der Waals surface area contributed by atoms with Crippen molar-refractivity contribution in [1.29, 1.82) is 0 Å². The number of para-hydroxylation sites is 1. The van der Waals surface area contributed by atoms with Gasteiger partial charge in [-0.25, -0.2) is 4.79 Å². The second-order valence-electron chi connectivity index (χ2n) is 5.55. The number of rotatable bonds is 5. The lowest BCUT2D eigenvalue weighted by Crippen LogP contribution is -2.48. The first-order valence-electron chi connectivity index (χ1n) is 7.01. The number of carbonyl (C=O) groups excluding carboxylic acids is 1. The van der Waals surface area contributed by atoms with Crippen molar-refractivity contribution in [3.63, 3.8) is 0 Å². The molecule has 0 saturated heterocycles. The zero-order valence-electron chi connectivity index (χ0n) is 12.0. The molecule has 0 atom stereocenters. The molecule has 1 fully saturated rings. The number of hydrogen-bond donors (Lipinski definition) is 3. The van der Waals surface area contributed by atoms with Gasteiger partial charge in [0.15, 0.2) is 0 Å². The fourth-order valence-corrected chi connectivity index (χ4v) is 3.01. The molecule has 5 heteroatoms. The number of urea groups is 1. The predicted octanol–water partition coefficient (Wildman–Crippen LogP) is 3.22. The molecule has 0 aromatic heterocycles. The Balaban J connectivity index is 1.90. The second-order valence-corrected chi connectivity index (χ2v) is 7.17. The molecule has 2 rings (SSSR count). The molecule has 1 aliphatic rings. The van der Waals surface area contributed by atoms with E-state index in [-0.39, 0.29) is 6.03 Å². The molecule has 0 heterocycles. The summed E-state index contributed by atoms with van der Waals surface area (Å²) in [5.74, 6) is 0. The van der Waals surface area contributed by atoms with E-state index < -0.39 is 5.60 Å². The molecule has 3 N–H and O–H groups in total. The number of nitrogens with one attached hydrogen (secondary N) is 2. The topological polar surface area (TPSA) is 61.4 Å².